The number of ketones is 1. The molecule has 1 amide bonds. The second-order valence-electron chi connectivity index (χ2n) is 8.96. The van der Waals surface area contributed by atoms with Crippen LogP contribution in [-0.2, 0) is 15.0 Å². The first kappa shape index (κ1) is 22.3. The lowest BCUT2D eigenvalue weighted by atomic mass is 9.85. The Morgan fingerprint density at radius 1 is 1.00 bits per heavy atom. The van der Waals surface area contributed by atoms with Crippen molar-refractivity contribution in [3.63, 3.8) is 0 Å². The number of aromatic nitrogens is 1. The number of aliphatic hydroxyl groups excluding tert-OH is 1. The van der Waals surface area contributed by atoms with Crippen LogP contribution in [0, 0.1) is 0 Å². The summed E-state index contributed by atoms with van der Waals surface area (Å²) in [5.74, 6) is -0.872. The maximum absolute atomic E-state index is 13.2. The number of hydrogen-bond acceptors (Lipinski definition) is 5. The van der Waals surface area contributed by atoms with Gasteiger partial charge in [0, 0.05) is 11.8 Å². The van der Waals surface area contributed by atoms with Gasteiger partial charge in [0.25, 0.3) is 5.78 Å². The number of aliphatic hydroxyl groups is 1. The molecule has 0 radical (unpaired) electrons. The summed E-state index contributed by atoms with van der Waals surface area (Å²) in [5.41, 5.74) is 2.18. The molecular formula is C27H26N2O4. The van der Waals surface area contributed by atoms with Gasteiger partial charge < -0.3 is 9.84 Å². The molecule has 1 aliphatic heterocycles. The number of methoxy groups -OCH3 is 1. The molecule has 6 nitrogen and oxygen atoms in total. The van der Waals surface area contributed by atoms with Crippen LogP contribution in [0.2, 0.25) is 0 Å². The molecule has 0 unspecified atom stereocenters. The second-order valence-corrected chi connectivity index (χ2v) is 8.96. The minimum absolute atomic E-state index is 0.0161. The van der Waals surface area contributed by atoms with Gasteiger partial charge in [0.1, 0.15) is 17.3 Å². The number of benzene rings is 2. The predicted molar refractivity (Wildman–Crippen MR) is 127 cm³/mol. The topological polar surface area (TPSA) is 79.7 Å². The van der Waals surface area contributed by atoms with E-state index in [0.717, 1.165) is 5.56 Å². The van der Waals surface area contributed by atoms with Gasteiger partial charge >= 0.3 is 5.91 Å². The zero-order valence-corrected chi connectivity index (χ0v) is 19.1. The van der Waals surface area contributed by atoms with Gasteiger partial charge in [-0.05, 0) is 40.8 Å². The summed E-state index contributed by atoms with van der Waals surface area (Å²) in [7, 11) is 1.52. The standard InChI is InChI=1S/C27H26N2O4/c1-27(2,3)19-13-11-17(12-14-19)23-22(24(30)18-8-7-9-20(16-18)33-4)25(31)26(32)29(23)21-10-5-6-15-28-21/h5-16,23,30H,1-4H3/b24-22+/t23-/m1/s1. The quantitative estimate of drug-likeness (QED) is 0.349. The first-order valence-electron chi connectivity index (χ1n) is 10.7. The normalized spacial score (nSPS) is 17.9. The van der Waals surface area contributed by atoms with Crippen LogP contribution in [0.1, 0.15) is 43.5 Å². The monoisotopic (exact) mass is 442 g/mol. The molecule has 1 aliphatic rings. The van der Waals surface area contributed by atoms with Crippen LogP contribution in [-0.4, -0.2) is 28.9 Å². The van der Waals surface area contributed by atoms with Gasteiger partial charge in [-0.3, -0.25) is 14.5 Å². The van der Waals surface area contributed by atoms with Crippen LogP contribution in [0.15, 0.2) is 78.5 Å². The molecule has 1 N–H and O–H groups in total. The molecule has 1 aromatic heterocycles. The fourth-order valence-electron chi connectivity index (χ4n) is 3.97. The van der Waals surface area contributed by atoms with Crippen molar-refractivity contribution in [2.75, 3.05) is 12.0 Å². The molecule has 1 saturated heterocycles. The number of amides is 1. The van der Waals surface area contributed by atoms with E-state index in [1.165, 1.54) is 12.0 Å². The van der Waals surface area contributed by atoms with Gasteiger partial charge in [-0.1, -0.05) is 63.2 Å². The van der Waals surface area contributed by atoms with Crippen molar-refractivity contribution in [1.29, 1.82) is 0 Å². The molecule has 1 atom stereocenters. The summed E-state index contributed by atoms with van der Waals surface area (Å²) in [4.78, 5) is 32.0. The molecule has 0 saturated carbocycles. The van der Waals surface area contributed by atoms with E-state index in [4.69, 9.17) is 4.74 Å². The van der Waals surface area contributed by atoms with Crippen LogP contribution in [0.25, 0.3) is 5.76 Å². The van der Waals surface area contributed by atoms with Crippen LogP contribution in [0.5, 0.6) is 5.75 Å². The van der Waals surface area contributed by atoms with E-state index in [1.807, 2.05) is 24.3 Å². The number of Topliss-reactive ketones (excluding diaryl/α,β-unsaturated/α-hetero) is 1. The minimum atomic E-state index is -0.819. The Kier molecular flexibility index (Phi) is 5.77. The molecule has 0 aliphatic carbocycles. The number of hydrogen-bond donors (Lipinski definition) is 1. The van der Waals surface area contributed by atoms with Gasteiger partial charge in [-0.15, -0.1) is 0 Å². The Hall–Kier alpha value is -3.93. The van der Waals surface area contributed by atoms with Crippen LogP contribution in [0.4, 0.5) is 5.82 Å². The Morgan fingerprint density at radius 2 is 1.73 bits per heavy atom. The highest BCUT2D eigenvalue weighted by molar-refractivity contribution is 6.51. The highest BCUT2D eigenvalue weighted by Gasteiger charge is 2.47. The molecule has 6 heteroatoms. The Balaban J connectivity index is 1.92. The molecule has 33 heavy (non-hydrogen) atoms. The summed E-state index contributed by atoms with van der Waals surface area (Å²) in [6, 6.07) is 18.9. The maximum Gasteiger partial charge on any atom is 0.301 e. The van der Waals surface area contributed by atoms with E-state index in [9.17, 15) is 14.7 Å². The Morgan fingerprint density at radius 3 is 2.33 bits per heavy atom. The number of carbonyl (C=O) groups is 2. The van der Waals surface area contributed by atoms with E-state index in [2.05, 4.69) is 25.8 Å². The van der Waals surface area contributed by atoms with Gasteiger partial charge in [-0.2, -0.15) is 0 Å². The molecule has 3 aromatic rings. The van der Waals surface area contributed by atoms with E-state index in [0.29, 0.717) is 22.7 Å². The zero-order valence-electron chi connectivity index (χ0n) is 19.1. The van der Waals surface area contributed by atoms with Crippen LogP contribution < -0.4 is 9.64 Å². The average Bonchev–Trinajstić information content (AvgIpc) is 3.09. The van der Waals surface area contributed by atoms with Crippen molar-refractivity contribution in [3.8, 4) is 5.75 Å². The number of pyridine rings is 1. The van der Waals surface area contributed by atoms with Gasteiger partial charge in [0.05, 0.1) is 18.7 Å². The van der Waals surface area contributed by atoms with Crippen molar-refractivity contribution in [2.45, 2.75) is 32.2 Å². The van der Waals surface area contributed by atoms with Crippen molar-refractivity contribution in [1.82, 2.24) is 4.98 Å². The number of anilines is 1. The average molecular weight is 443 g/mol. The first-order valence-corrected chi connectivity index (χ1v) is 10.7. The fraction of sp³-hybridized carbons (Fsp3) is 0.222. The third-order valence-electron chi connectivity index (χ3n) is 5.78. The van der Waals surface area contributed by atoms with E-state index >= 15 is 0 Å². The lowest BCUT2D eigenvalue weighted by Crippen LogP contribution is -2.30. The number of carbonyl (C=O) groups excluding carboxylic acids is 2. The predicted octanol–water partition coefficient (Wildman–Crippen LogP) is 5.01. The van der Waals surface area contributed by atoms with E-state index in [-0.39, 0.29) is 16.7 Å². The SMILES string of the molecule is COc1cccc(/C(O)=C2\C(=O)C(=O)N(c3ccccn3)[C@@H]2c2ccc(C(C)(C)C)cc2)c1. The van der Waals surface area contributed by atoms with E-state index < -0.39 is 17.7 Å². The number of ether oxygens (including phenoxy) is 1. The minimum Gasteiger partial charge on any atom is -0.507 e. The molecule has 1 fully saturated rings. The molecule has 168 valence electrons. The fourth-order valence-corrected chi connectivity index (χ4v) is 3.97. The molecule has 2 heterocycles. The summed E-state index contributed by atoms with van der Waals surface area (Å²) in [6.07, 6.45) is 1.57. The lowest BCUT2D eigenvalue weighted by Gasteiger charge is -2.25. The number of nitrogens with zero attached hydrogens (tertiary/aromatic N) is 2. The van der Waals surface area contributed by atoms with Crippen molar-refractivity contribution < 1.29 is 19.4 Å². The van der Waals surface area contributed by atoms with Crippen molar-refractivity contribution in [2.24, 2.45) is 0 Å². The Bertz CT molecular complexity index is 1220. The summed E-state index contributed by atoms with van der Waals surface area (Å²) in [5, 5.41) is 11.2. The second kappa shape index (κ2) is 8.54. The van der Waals surface area contributed by atoms with Crippen molar-refractivity contribution in [3.05, 3.63) is 95.2 Å². The lowest BCUT2D eigenvalue weighted by molar-refractivity contribution is -0.132. The van der Waals surface area contributed by atoms with Gasteiger partial charge in [0.2, 0.25) is 0 Å². The van der Waals surface area contributed by atoms with Gasteiger partial charge in [0.15, 0.2) is 0 Å². The van der Waals surface area contributed by atoms with E-state index in [1.54, 1.807) is 48.7 Å². The summed E-state index contributed by atoms with van der Waals surface area (Å²) >= 11 is 0. The first-order chi connectivity index (χ1) is 15.7. The summed E-state index contributed by atoms with van der Waals surface area (Å²) in [6.45, 7) is 6.35. The third-order valence-corrected chi connectivity index (χ3v) is 5.78. The maximum atomic E-state index is 13.2. The smallest absolute Gasteiger partial charge is 0.301 e. The Labute approximate surface area is 193 Å². The third kappa shape index (κ3) is 4.12. The molecule has 4 rings (SSSR count). The summed E-state index contributed by atoms with van der Waals surface area (Å²) < 4.78 is 5.26. The largest absolute Gasteiger partial charge is 0.507 e. The van der Waals surface area contributed by atoms with Crippen molar-refractivity contribution >= 4 is 23.3 Å². The van der Waals surface area contributed by atoms with Gasteiger partial charge in [-0.25, -0.2) is 4.98 Å². The molecule has 0 spiro atoms. The number of rotatable bonds is 4. The molecular weight excluding hydrogens is 416 g/mol. The van der Waals surface area contributed by atoms with Crippen LogP contribution >= 0.6 is 0 Å². The molecule has 2 aromatic carbocycles. The highest BCUT2D eigenvalue weighted by atomic mass is 16.5. The zero-order chi connectivity index (χ0) is 23.8. The molecule has 0 bridgehead atoms. The van der Waals surface area contributed by atoms with Crippen LogP contribution in [0.3, 0.4) is 0 Å². The highest BCUT2D eigenvalue weighted by Crippen LogP contribution is 2.42.